The van der Waals surface area contributed by atoms with E-state index in [-0.39, 0.29) is 6.10 Å². The van der Waals surface area contributed by atoms with Gasteiger partial charge in [-0.15, -0.1) is 0 Å². The van der Waals surface area contributed by atoms with E-state index in [1.807, 2.05) is 6.20 Å². The van der Waals surface area contributed by atoms with Crippen LogP contribution in [0.4, 0.5) is 5.82 Å². The van der Waals surface area contributed by atoms with Gasteiger partial charge in [-0.3, -0.25) is 0 Å². The maximum atomic E-state index is 5.70. The Morgan fingerprint density at radius 1 is 1.55 bits per heavy atom. The number of ether oxygens (including phenoxy) is 1. The van der Waals surface area contributed by atoms with Crippen molar-refractivity contribution < 1.29 is 4.74 Å². The second kappa shape index (κ2) is 7.60. The molecular weight excluding hydrogens is 250 g/mol. The quantitative estimate of drug-likeness (QED) is 0.898. The Labute approximate surface area is 122 Å². The van der Waals surface area contributed by atoms with Gasteiger partial charge in [0.1, 0.15) is 5.82 Å². The predicted octanol–water partition coefficient (Wildman–Crippen LogP) is 2.76. The fraction of sp³-hybridized carbons (Fsp3) is 0.688. The molecule has 1 aliphatic heterocycles. The van der Waals surface area contributed by atoms with Crippen molar-refractivity contribution in [3.63, 3.8) is 0 Å². The third-order valence-electron chi connectivity index (χ3n) is 3.75. The summed E-state index contributed by atoms with van der Waals surface area (Å²) in [5, 5.41) is 3.53. The lowest BCUT2D eigenvalue weighted by atomic mass is 10.1. The van der Waals surface area contributed by atoms with Gasteiger partial charge in [-0.05, 0) is 50.9 Å². The predicted molar refractivity (Wildman–Crippen MR) is 83.2 cm³/mol. The van der Waals surface area contributed by atoms with Gasteiger partial charge in [0.05, 0.1) is 6.10 Å². The zero-order valence-corrected chi connectivity index (χ0v) is 12.9. The van der Waals surface area contributed by atoms with E-state index in [0.717, 1.165) is 44.9 Å². The van der Waals surface area contributed by atoms with Crippen molar-refractivity contribution in [3.05, 3.63) is 23.9 Å². The standard InChI is InChI=1S/C16H27N3O/c1-4-7-17-14(3)15-6-8-18-16(11-15)19-9-5-10-20-13(2)12-19/h6,8,11,13-14,17H,4-5,7,9-10,12H2,1-3H3. The van der Waals surface area contributed by atoms with Gasteiger partial charge in [-0.1, -0.05) is 6.92 Å². The van der Waals surface area contributed by atoms with Crippen LogP contribution in [0.5, 0.6) is 0 Å². The van der Waals surface area contributed by atoms with Crippen molar-refractivity contribution in [2.45, 2.75) is 45.8 Å². The molecule has 0 saturated carbocycles. The third kappa shape index (κ3) is 4.18. The van der Waals surface area contributed by atoms with Gasteiger partial charge >= 0.3 is 0 Å². The summed E-state index contributed by atoms with van der Waals surface area (Å²) >= 11 is 0. The first-order valence-corrected chi connectivity index (χ1v) is 7.76. The van der Waals surface area contributed by atoms with E-state index in [1.165, 1.54) is 5.56 Å². The van der Waals surface area contributed by atoms with Crippen LogP contribution in [0.25, 0.3) is 0 Å². The molecule has 1 saturated heterocycles. The first-order chi connectivity index (χ1) is 9.70. The number of anilines is 1. The molecule has 0 radical (unpaired) electrons. The van der Waals surface area contributed by atoms with Crippen LogP contribution in [-0.4, -0.2) is 37.3 Å². The maximum absolute atomic E-state index is 5.70. The summed E-state index contributed by atoms with van der Waals surface area (Å²) in [6.07, 6.45) is 4.42. The Hall–Kier alpha value is -1.13. The van der Waals surface area contributed by atoms with Gasteiger partial charge in [-0.2, -0.15) is 0 Å². The Morgan fingerprint density at radius 3 is 3.20 bits per heavy atom. The van der Waals surface area contributed by atoms with Gasteiger partial charge in [0.2, 0.25) is 0 Å². The lowest BCUT2D eigenvalue weighted by Crippen LogP contribution is -2.31. The number of hydrogen-bond donors (Lipinski definition) is 1. The van der Waals surface area contributed by atoms with Crippen LogP contribution in [0, 0.1) is 0 Å². The minimum Gasteiger partial charge on any atom is -0.377 e. The minimum absolute atomic E-state index is 0.276. The summed E-state index contributed by atoms with van der Waals surface area (Å²) in [6, 6.07) is 4.69. The number of nitrogens with zero attached hydrogens (tertiary/aromatic N) is 2. The smallest absolute Gasteiger partial charge is 0.128 e. The summed E-state index contributed by atoms with van der Waals surface area (Å²) in [5.41, 5.74) is 1.31. The first-order valence-electron chi connectivity index (χ1n) is 7.76. The van der Waals surface area contributed by atoms with Crippen LogP contribution in [0.1, 0.15) is 45.2 Å². The molecule has 2 heterocycles. The molecule has 4 nitrogen and oxygen atoms in total. The Kier molecular flexibility index (Phi) is 5.80. The molecule has 1 aromatic rings. The number of aromatic nitrogens is 1. The molecule has 2 rings (SSSR count). The van der Waals surface area contributed by atoms with Gasteiger partial charge in [-0.25, -0.2) is 4.98 Å². The molecule has 20 heavy (non-hydrogen) atoms. The van der Waals surface area contributed by atoms with E-state index in [1.54, 1.807) is 0 Å². The van der Waals surface area contributed by atoms with E-state index in [4.69, 9.17) is 4.74 Å². The van der Waals surface area contributed by atoms with Crippen LogP contribution in [0.15, 0.2) is 18.3 Å². The molecule has 112 valence electrons. The highest BCUT2D eigenvalue weighted by Crippen LogP contribution is 2.20. The Balaban J connectivity index is 2.07. The fourth-order valence-electron chi connectivity index (χ4n) is 2.56. The first kappa shape index (κ1) is 15.3. The Bertz CT molecular complexity index is 410. The van der Waals surface area contributed by atoms with Crippen molar-refractivity contribution in [1.29, 1.82) is 0 Å². The topological polar surface area (TPSA) is 37.4 Å². The van der Waals surface area contributed by atoms with Crippen LogP contribution >= 0.6 is 0 Å². The second-order valence-corrected chi connectivity index (χ2v) is 5.60. The molecule has 2 atom stereocenters. The molecule has 0 spiro atoms. The molecule has 1 aliphatic rings. The SMILES string of the molecule is CCCNC(C)c1ccnc(N2CCCOC(C)C2)c1. The van der Waals surface area contributed by atoms with Gasteiger partial charge in [0.15, 0.2) is 0 Å². The molecule has 0 amide bonds. The molecule has 4 heteroatoms. The highest BCUT2D eigenvalue weighted by molar-refractivity contribution is 5.42. The van der Waals surface area contributed by atoms with Gasteiger partial charge < -0.3 is 15.0 Å². The van der Waals surface area contributed by atoms with Crippen molar-refractivity contribution in [1.82, 2.24) is 10.3 Å². The minimum atomic E-state index is 0.276. The van der Waals surface area contributed by atoms with Crippen LogP contribution in [-0.2, 0) is 4.74 Å². The summed E-state index contributed by atoms with van der Waals surface area (Å²) in [4.78, 5) is 6.89. The number of hydrogen-bond acceptors (Lipinski definition) is 4. The lowest BCUT2D eigenvalue weighted by Gasteiger charge is -2.24. The molecule has 1 aromatic heterocycles. The fourth-order valence-corrected chi connectivity index (χ4v) is 2.56. The summed E-state index contributed by atoms with van der Waals surface area (Å²) in [7, 11) is 0. The molecule has 1 N–H and O–H groups in total. The Morgan fingerprint density at radius 2 is 2.40 bits per heavy atom. The van der Waals surface area contributed by atoms with E-state index < -0.39 is 0 Å². The molecular formula is C16H27N3O. The summed E-state index contributed by atoms with van der Waals surface area (Å²) in [6.45, 7) is 10.4. The van der Waals surface area contributed by atoms with Crippen molar-refractivity contribution in [3.8, 4) is 0 Å². The molecule has 0 aromatic carbocycles. The van der Waals surface area contributed by atoms with E-state index in [9.17, 15) is 0 Å². The lowest BCUT2D eigenvalue weighted by molar-refractivity contribution is 0.0820. The van der Waals surface area contributed by atoms with E-state index in [2.05, 4.69) is 48.1 Å². The van der Waals surface area contributed by atoms with E-state index in [0.29, 0.717) is 6.04 Å². The highest BCUT2D eigenvalue weighted by atomic mass is 16.5. The molecule has 1 fully saturated rings. The largest absolute Gasteiger partial charge is 0.377 e. The molecule has 2 unspecified atom stereocenters. The molecule has 0 bridgehead atoms. The summed E-state index contributed by atoms with van der Waals surface area (Å²) < 4.78 is 5.70. The van der Waals surface area contributed by atoms with Gasteiger partial charge in [0, 0.05) is 31.9 Å². The van der Waals surface area contributed by atoms with Crippen LogP contribution in [0.3, 0.4) is 0 Å². The number of rotatable bonds is 5. The monoisotopic (exact) mass is 277 g/mol. The van der Waals surface area contributed by atoms with Gasteiger partial charge in [0.25, 0.3) is 0 Å². The van der Waals surface area contributed by atoms with E-state index >= 15 is 0 Å². The highest BCUT2D eigenvalue weighted by Gasteiger charge is 2.17. The second-order valence-electron chi connectivity index (χ2n) is 5.60. The van der Waals surface area contributed by atoms with Crippen molar-refractivity contribution >= 4 is 5.82 Å². The van der Waals surface area contributed by atoms with Crippen LogP contribution in [0.2, 0.25) is 0 Å². The average molecular weight is 277 g/mol. The van der Waals surface area contributed by atoms with Crippen molar-refractivity contribution in [2.24, 2.45) is 0 Å². The maximum Gasteiger partial charge on any atom is 0.128 e. The number of pyridine rings is 1. The molecule has 0 aliphatic carbocycles. The summed E-state index contributed by atoms with van der Waals surface area (Å²) in [5.74, 6) is 1.07. The zero-order chi connectivity index (χ0) is 14.4. The third-order valence-corrected chi connectivity index (χ3v) is 3.75. The normalized spacial score (nSPS) is 21.6. The van der Waals surface area contributed by atoms with Crippen LogP contribution < -0.4 is 10.2 Å². The zero-order valence-electron chi connectivity index (χ0n) is 12.9. The average Bonchev–Trinajstić information content (AvgIpc) is 2.69. The van der Waals surface area contributed by atoms with Crippen molar-refractivity contribution in [2.75, 3.05) is 31.1 Å². The number of nitrogens with one attached hydrogen (secondary N) is 1.